The average molecular weight is 321 g/mol. The number of amides is 3. The van der Waals surface area contributed by atoms with Crippen LogP contribution in [0.5, 0.6) is 5.75 Å². The van der Waals surface area contributed by atoms with Crippen LogP contribution in [0.2, 0.25) is 0 Å². The Bertz CT molecular complexity index is 532. The van der Waals surface area contributed by atoms with Gasteiger partial charge in [0.25, 0.3) is 0 Å². The van der Waals surface area contributed by atoms with Gasteiger partial charge in [-0.15, -0.1) is 0 Å². The lowest BCUT2D eigenvalue weighted by Crippen LogP contribution is -2.30. The van der Waals surface area contributed by atoms with Gasteiger partial charge in [-0.1, -0.05) is 24.1 Å². The number of nitrogens with zero attached hydrogens (tertiary/aromatic N) is 1. The van der Waals surface area contributed by atoms with Crippen molar-refractivity contribution in [3.8, 4) is 5.75 Å². The van der Waals surface area contributed by atoms with Gasteiger partial charge in [0.1, 0.15) is 5.75 Å². The second kappa shape index (κ2) is 9.71. The second-order valence-corrected chi connectivity index (χ2v) is 5.67. The van der Waals surface area contributed by atoms with E-state index in [1.165, 1.54) is 0 Å². The number of nitrogens with two attached hydrogens (primary N) is 1. The third-order valence-corrected chi connectivity index (χ3v) is 3.64. The zero-order valence-electron chi connectivity index (χ0n) is 14.2. The van der Waals surface area contributed by atoms with Crippen molar-refractivity contribution >= 4 is 11.9 Å². The Morgan fingerprint density at radius 2 is 2.00 bits per heavy atom. The largest absolute Gasteiger partial charge is 0.496 e. The minimum absolute atomic E-state index is 0.108. The first kappa shape index (κ1) is 18.8. The van der Waals surface area contributed by atoms with Crippen molar-refractivity contribution in [2.45, 2.75) is 39.2 Å². The highest BCUT2D eigenvalue weighted by Gasteiger charge is 2.12. The predicted octanol–water partition coefficient (Wildman–Crippen LogP) is 2.19. The van der Waals surface area contributed by atoms with E-state index >= 15 is 0 Å². The molecule has 6 nitrogen and oxygen atoms in total. The molecule has 128 valence electrons. The monoisotopic (exact) mass is 321 g/mol. The first-order valence-electron chi connectivity index (χ1n) is 7.85. The normalized spacial score (nSPS) is 10.2. The van der Waals surface area contributed by atoms with Gasteiger partial charge in [-0.2, -0.15) is 0 Å². The molecule has 0 aliphatic heterocycles. The molecule has 6 heteroatoms. The van der Waals surface area contributed by atoms with Gasteiger partial charge in [0.15, 0.2) is 0 Å². The number of hydrogen-bond acceptors (Lipinski definition) is 3. The van der Waals surface area contributed by atoms with Crippen LogP contribution in [-0.2, 0) is 11.3 Å². The fourth-order valence-corrected chi connectivity index (χ4v) is 2.36. The number of carbonyl (C=O) groups excluding carboxylic acids is 2. The summed E-state index contributed by atoms with van der Waals surface area (Å²) in [6.45, 7) is 3.11. The molecular weight excluding hydrogens is 294 g/mol. The van der Waals surface area contributed by atoms with Gasteiger partial charge in [-0.3, -0.25) is 4.79 Å². The maximum atomic E-state index is 12.2. The van der Waals surface area contributed by atoms with Gasteiger partial charge in [-0.05, 0) is 25.8 Å². The SMILES string of the molecule is COc1ccc(C)cc1CN(C)C(=O)CCCCCNC(N)=O. The zero-order valence-corrected chi connectivity index (χ0v) is 14.2. The number of carbonyl (C=O) groups is 2. The molecule has 0 heterocycles. The highest BCUT2D eigenvalue weighted by Crippen LogP contribution is 2.21. The van der Waals surface area contributed by atoms with Crippen molar-refractivity contribution in [2.75, 3.05) is 20.7 Å². The Morgan fingerprint density at radius 1 is 1.26 bits per heavy atom. The fraction of sp³-hybridized carbons (Fsp3) is 0.529. The first-order chi connectivity index (χ1) is 10.9. The summed E-state index contributed by atoms with van der Waals surface area (Å²) >= 11 is 0. The summed E-state index contributed by atoms with van der Waals surface area (Å²) in [4.78, 5) is 24.4. The molecule has 0 radical (unpaired) electrons. The van der Waals surface area contributed by atoms with E-state index in [0.29, 0.717) is 19.5 Å². The number of rotatable bonds is 9. The minimum atomic E-state index is -0.507. The highest BCUT2D eigenvalue weighted by atomic mass is 16.5. The topological polar surface area (TPSA) is 84.7 Å². The maximum Gasteiger partial charge on any atom is 0.312 e. The summed E-state index contributed by atoms with van der Waals surface area (Å²) in [5, 5.41) is 2.54. The van der Waals surface area contributed by atoms with E-state index in [0.717, 1.165) is 36.1 Å². The van der Waals surface area contributed by atoms with Crippen LogP contribution in [0.1, 0.15) is 36.8 Å². The first-order valence-corrected chi connectivity index (χ1v) is 7.85. The van der Waals surface area contributed by atoms with E-state index in [1.54, 1.807) is 19.1 Å². The highest BCUT2D eigenvalue weighted by molar-refractivity contribution is 5.75. The van der Waals surface area contributed by atoms with Crippen molar-refractivity contribution in [3.63, 3.8) is 0 Å². The number of unbranched alkanes of at least 4 members (excludes halogenated alkanes) is 2. The molecule has 3 amide bonds. The van der Waals surface area contributed by atoms with E-state index in [1.807, 2.05) is 25.1 Å². The van der Waals surface area contributed by atoms with Gasteiger partial charge in [0, 0.05) is 32.1 Å². The predicted molar refractivity (Wildman–Crippen MR) is 90.3 cm³/mol. The molecule has 0 aliphatic rings. The Morgan fingerprint density at radius 3 is 2.65 bits per heavy atom. The quantitative estimate of drug-likeness (QED) is 0.684. The molecule has 3 N–H and O–H groups in total. The van der Waals surface area contributed by atoms with Crippen LogP contribution in [0.3, 0.4) is 0 Å². The summed E-state index contributed by atoms with van der Waals surface area (Å²) in [5.41, 5.74) is 7.13. The molecule has 0 unspecified atom stereocenters. The molecule has 0 atom stereocenters. The number of primary amides is 1. The molecule has 0 bridgehead atoms. The third-order valence-electron chi connectivity index (χ3n) is 3.64. The molecule has 0 saturated carbocycles. The molecular formula is C17H27N3O3. The summed E-state index contributed by atoms with van der Waals surface area (Å²) in [7, 11) is 3.44. The van der Waals surface area contributed by atoms with Gasteiger partial charge in [0.2, 0.25) is 5.91 Å². The van der Waals surface area contributed by atoms with Crippen molar-refractivity contribution in [1.29, 1.82) is 0 Å². The van der Waals surface area contributed by atoms with Crippen LogP contribution in [0.15, 0.2) is 18.2 Å². The summed E-state index contributed by atoms with van der Waals surface area (Å²) in [5.74, 6) is 0.907. The Balaban J connectivity index is 2.37. The molecule has 0 saturated heterocycles. The van der Waals surface area contributed by atoms with E-state index in [9.17, 15) is 9.59 Å². The van der Waals surface area contributed by atoms with Gasteiger partial charge in [0.05, 0.1) is 7.11 Å². The fourth-order valence-electron chi connectivity index (χ4n) is 2.36. The summed E-state index contributed by atoms with van der Waals surface area (Å²) in [6.07, 6.45) is 3.01. The van der Waals surface area contributed by atoms with Gasteiger partial charge in [-0.25, -0.2) is 4.79 Å². The number of benzene rings is 1. The smallest absolute Gasteiger partial charge is 0.312 e. The minimum Gasteiger partial charge on any atom is -0.496 e. The van der Waals surface area contributed by atoms with Crippen molar-refractivity contribution < 1.29 is 14.3 Å². The van der Waals surface area contributed by atoms with Crippen LogP contribution in [-0.4, -0.2) is 37.5 Å². The standard InChI is InChI=1S/C17H27N3O3/c1-13-8-9-15(23-3)14(11-13)12-20(2)16(21)7-5-4-6-10-19-17(18)22/h8-9,11H,4-7,10,12H2,1-3H3,(H3,18,19,22). The van der Waals surface area contributed by atoms with E-state index in [4.69, 9.17) is 10.5 Å². The average Bonchev–Trinajstić information content (AvgIpc) is 2.50. The molecule has 0 fully saturated rings. The number of urea groups is 1. The molecule has 1 aromatic carbocycles. The van der Waals surface area contributed by atoms with Crippen LogP contribution in [0.25, 0.3) is 0 Å². The van der Waals surface area contributed by atoms with Crippen LogP contribution >= 0.6 is 0 Å². The van der Waals surface area contributed by atoms with Crippen LogP contribution in [0.4, 0.5) is 4.79 Å². The Labute approximate surface area is 138 Å². The summed E-state index contributed by atoms with van der Waals surface area (Å²) < 4.78 is 5.34. The van der Waals surface area contributed by atoms with Crippen molar-refractivity contribution in [3.05, 3.63) is 29.3 Å². The van der Waals surface area contributed by atoms with Crippen molar-refractivity contribution in [2.24, 2.45) is 5.73 Å². The molecule has 23 heavy (non-hydrogen) atoms. The van der Waals surface area contributed by atoms with Crippen molar-refractivity contribution in [1.82, 2.24) is 10.2 Å². The lowest BCUT2D eigenvalue weighted by Gasteiger charge is -2.19. The van der Waals surface area contributed by atoms with E-state index in [2.05, 4.69) is 5.32 Å². The molecule has 1 aromatic rings. The van der Waals surface area contributed by atoms with E-state index in [-0.39, 0.29) is 5.91 Å². The number of nitrogens with one attached hydrogen (secondary N) is 1. The number of aryl methyl sites for hydroxylation is 1. The van der Waals surface area contributed by atoms with Gasteiger partial charge < -0.3 is 20.7 Å². The third kappa shape index (κ3) is 7.04. The lowest BCUT2D eigenvalue weighted by atomic mass is 10.1. The summed E-state index contributed by atoms with van der Waals surface area (Å²) in [6, 6.07) is 5.45. The number of ether oxygens (including phenoxy) is 1. The van der Waals surface area contributed by atoms with Crippen LogP contribution in [0, 0.1) is 6.92 Å². The lowest BCUT2D eigenvalue weighted by molar-refractivity contribution is -0.130. The molecule has 0 aliphatic carbocycles. The van der Waals surface area contributed by atoms with Gasteiger partial charge >= 0.3 is 6.03 Å². The molecule has 1 rings (SSSR count). The molecule has 0 spiro atoms. The number of methoxy groups -OCH3 is 1. The van der Waals surface area contributed by atoms with Crippen LogP contribution < -0.4 is 15.8 Å². The van der Waals surface area contributed by atoms with E-state index < -0.39 is 6.03 Å². The zero-order chi connectivity index (χ0) is 17.2. The Kier molecular flexibility index (Phi) is 7.94. The maximum absolute atomic E-state index is 12.2. The molecule has 0 aromatic heterocycles. The Hall–Kier alpha value is -2.24. The number of hydrogen-bond donors (Lipinski definition) is 2. The second-order valence-electron chi connectivity index (χ2n) is 5.67.